The predicted molar refractivity (Wildman–Crippen MR) is 87.7 cm³/mol. The lowest BCUT2D eigenvalue weighted by Gasteiger charge is -2.17. The summed E-state index contributed by atoms with van der Waals surface area (Å²) in [7, 11) is 0. The van der Waals surface area contributed by atoms with E-state index in [9.17, 15) is 22.8 Å². The van der Waals surface area contributed by atoms with Gasteiger partial charge in [-0.3, -0.25) is 9.59 Å². The molecule has 25 heavy (non-hydrogen) atoms. The average molecular weight is 366 g/mol. The number of alkyl halides is 3. The lowest BCUT2D eigenvalue weighted by atomic mass is 9.99. The Kier molecular flexibility index (Phi) is 4.80. The van der Waals surface area contributed by atoms with Crippen LogP contribution in [0.4, 0.5) is 18.9 Å². The Morgan fingerprint density at radius 2 is 2.00 bits per heavy atom. The van der Waals surface area contributed by atoms with Crippen molar-refractivity contribution in [2.45, 2.75) is 24.0 Å². The first-order chi connectivity index (χ1) is 11.8. The Hall–Kier alpha value is -2.35. The highest BCUT2D eigenvalue weighted by molar-refractivity contribution is 7.99. The van der Waals surface area contributed by atoms with Crippen molar-refractivity contribution in [2.75, 3.05) is 11.1 Å². The number of hydrogen-bond donors (Lipinski definition) is 1. The molecule has 4 nitrogen and oxygen atoms in total. The molecule has 0 fully saturated rings. The minimum Gasteiger partial charge on any atom is -0.326 e. The third-order valence-corrected chi connectivity index (χ3v) is 4.68. The summed E-state index contributed by atoms with van der Waals surface area (Å²) in [5, 5.41) is 3.10. The van der Waals surface area contributed by atoms with Crippen molar-refractivity contribution < 1.29 is 22.8 Å². The van der Waals surface area contributed by atoms with Gasteiger partial charge in [-0.05, 0) is 42.3 Å². The van der Waals surface area contributed by atoms with E-state index in [1.54, 1.807) is 18.2 Å². The second-order valence-electron chi connectivity index (χ2n) is 5.51. The number of pyridine rings is 1. The first-order valence-corrected chi connectivity index (χ1v) is 8.43. The largest absolute Gasteiger partial charge is 0.417 e. The zero-order valence-corrected chi connectivity index (χ0v) is 13.7. The van der Waals surface area contributed by atoms with Gasteiger partial charge in [0.25, 0.3) is 0 Å². The summed E-state index contributed by atoms with van der Waals surface area (Å²) in [6, 6.07) is 7.27. The van der Waals surface area contributed by atoms with Gasteiger partial charge in [-0.25, -0.2) is 4.98 Å². The lowest BCUT2D eigenvalue weighted by Crippen LogP contribution is -2.19. The summed E-state index contributed by atoms with van der Waals surface area (Å²) in [4.78, 5) is 27.3. The number of aryl methyl sites for hydroxylation is 1. The van der Waals surface area contributed by atoms with E-state index in [0.717, 1.165) is 29.6 Å². The second-order valence-corrected chi connectivity index (χ2v) is 6.51. The molecule has 8 heteroatoms. The molecule has 0 saturated carbocycles. The van der Waals surface area contributed by atoms with Crippen molar-refractivity contribution in [3.05, 3.63) is 53.2 Å². The van der Waals surface area contributed by atoms with E-state index in [4.69, 9.17) is 0 Å². The summed E-state index contributed by atoms with van der Waals surface area (Å²) >= 11 is 1.08. The van der Waals surface area contributed by atoms with E-state index in [1.807, 2.05) is 0 Å². The van der Waals surface area contributed by atoms with Crippen LogP contribution in [0.5, 0.6) is 0 Å². The van der Waals surface area contributed by atoms with Crippen molar-refractivity contribution in [3.63, 3.8) is 0 Å². The summed E-state index contributed by atoms with van der Waals surface area (Å²) in [5.41, 5.74) is 1.31. The number of amides is 1. The van der Waals surface area contributed by atoms with E-state index in [0.29, 0.717) is 29.1 Å². The van der Waals surface area contributed by atoms with Gasteiger partial charge in [0.1, 0.15) is 0 Å². The van der Waals surface area contributed by atoms with Gasteiger partial charge in [-0.2, -0.15) is 13.2 Å². The third kappa shape index (κ3) is 4.19. The van der Waals surface area contributed by atoms with E-state index in [1.165, 1.54) is 6.07 Å². The molecule has 0 radical (unpaired) electrons. The predicted octanol–water partition coefficient (Wildman–Crippen LogP) is 3.96. The summed E-state index contributed by atoms with van der Waals surface area (Å²) < 4.78 is 37.5. The van der Waals surface area contributed by atoms with Gasteiger partial charge < -0.3 is 5.32 Å². The van der Waals surface area contributed by atoms with Crippen molar-refractivity contribution in [3.8, 4) is 0 Å². The number of anilines is 1. The molecule has 1 amide bonds. The normalized spacial score (nSPS) is 14.0. The maximum absolute atomic E-state index is 12.5. The molecule has 1 aliphatic rings. The number of rotatable bonds is 4. The molecule has 1 aromatic carbocycles. The van der Waals surface area contributed by atoms with Crippen LogP contribution in [0.15, 0.2) is 41.6 Å². The molecule has 1 aromatic heterocycles. The van der Waals surface area contributed by atoms with Crippen LogP contribution in [0.25, 0.3) is 0 Å². The van der Waals surface area contributed by atoms with Crippen LogP contribution in [0.1, 0.15) is 27.9 Å². The molecule has 0 unspecified atom stereocenters. The Labute approximate surface area is 145 Å². The zero-order chi connectivity index (χ0) is 18.0. The van der Waals surface area contributed by atoms with Crippen LogP contribution in [-0.4, -0.2) is 22.4 Å². The summed E-state index contributed by atoms with van der Waals surface area (Å²) in [6.07, 6.45) is -2.70. The molecule has 3 rings (SSSR count). The lowest BCUT2D eigenvalue weighted by molar-refractivity contribution is -0.137. The van der Waals surface area contributed by atoms with Crippen LogP contribution >= 0.6 is 11.8 Å². The number of fused-ring (bicyclic) bond motifs is 1. The molecule has 2 heterocycles. The maximum atomic E-state index is 12.5. The third-order valence-electron chi connectivity index (χ3n) is 3.74. The maximum Gasteiger partial charge on any atom is 0.417 e. The Morgan fingerprint density at radius 1 is 1.20 bits per heavy atom. The monoisotopic (exact) mass is 366 g/mol. The van der Waals surface area contributed by atoms with Gasteiger partial charge in [0.15, 0.2) is 5.78 Å². The number of thioether (sulfide) groups is 1. The van der Waals surface area contributed by atoms with Crippen LogP contribution in [0.3, 0.4) is 0 Å². The molecule has 0 aliphatic carbocycles. The molecule has 0 saturated heterocycles. The van der Waals surface area contributed by atoms with Gasteiger partial charge in [-0.15, -0.1) is 0 Å². The smallest absolute Gasteiger partial charge is 0.326 e. The van der Waals surface area contributed by atoms with Crippen molar-refractivity contribution in [2.24, 2.45) is 0 Å². The van der Waals surface area contributed by atoms with Gasteiger partial charge >= 0.3 is 6.18 Å². The number of halogens is 3. The van der Waals surface area contributed by atoms with Gasteiger partial charge in [0, 0.05) is 23.9 Å². The first kappa shape index (κ1) is 17.5. The molecule has 1 aliphatic heterocycles. The molecular weight excluding hydrogens is 353 g/mol. The molecule has 2 aromatic rings. The van der Waals surface area contributed by atoms with Crippen molar-refractivity contribution in [1.82, 2.24) is 4.98 Å². The number of nitrogens with one attached hydrogen (secondary N) is 1. The zero-order valence-electron chi connectivity index (χ0n) is 12.9. The fourth-order valence-electron chi connectivity index (χ4n) is 2.41. The fourth-order valence-corrected chi connectivity index (χ4v) is 3.15. The highest BCUT2D eigenvalue weighted by Gasteiger charge is 2.30. The number of carbonyl (C=O) groups is 2. The molecule has 0 spiro atoms. The van der Waals surface area contributed by atoms with Crippen molar-refractivity contribution in [1.29, 1.82) is 0 Å². The summed E-state index contributed by atoms with van der Waals surface area (Å²) in [5.74, 6) is -0.120. The topological polar surface area (TPSA) is 59.1 Å². The van der Waals surface area contributed by atoms with E-state index >= 15 is 0 Å². The molecule has 1 N–H and O–H groups in total. The van der Waals surface area contributed by atoms with Crippen LogP contribution < -0.4 is 5.32 Å². The Balaban J connectivity index is 1.64. The van der Waals surface area contributed by atoms with E-state index < -0.39 is 11.7 Å². The number of aromatic nitrogens is 1. The first-order valence-electron chi connectivity index (χ1n) is 7.45. The number of benzene rings is 1. The van der Waals surface area contributed by atoms with Crippen molar-refractivity contribution >= 4 is 29.1 Å². The highest BCUT2D eigenvalue weighted by Crippen LogP contribution is 2.30. The molecule has 130 valence electrons. The van der Waals surface area contributed by atoms with Gasteiger partial charge in [0.05, 0.1) is 16.3 Å². The standard InChI is InChI=1S/C17H13F3N2O2S/c18-17(19,20)12-3-6-16(21-8-12)25-9-14(23)11-1-4-13-10(7-11)2-5-15(24)22-13/h1,3-4,6-8H,2,5,9H2,(H,22,24). The average Bonchev–Trinajstić information content (AvgIpc) is 2.58. The van der Waals surface area contributed by atoms with Crippen LogP contribution in [-0.2, 0) is 17.4 Å². The number of hydrogen-bond acceptors (Lipinski definition) is 4. The van der Waals surface area contributed by atoms with Crippen LogP contribution in [0, 0.1) is 0 Å². The SMILES string of the molecule is O=C1CCc2cc(C(=O)CSc3ccc(C(F)(F)F)cn3)ccc2N1. The quantitative estimate of drug-likeness (QED) is 0.657. The molecule has 0 atom stereocenters. The van der Waals surface area contributed by atoms with E-state index in [-0.39, 0.29) is 17.4 Å². The van der Waals surface area contributed by atoms with Gasteiger partial charge in [0.2, 0.25) is 5.91 Å². The molecule has 0 bridgehead atoms. The second kappa shape index (κ2) is 6.87. The Bertz CT molecular complexity index is 820. The minimum absolute atomic E-state index is 0.0458. The number of carbonyl (C=O) groups excluding carboxylic acids is 2. The van der Waals surface area contributed by atoms with Crippen LogP contribution in [0.2, 0.25) is 0 Å². The Morgan fingerprint density at radius 3 is 2.68 bits per heavy atom. The minimum atomic E-state index is -4.43. The molecular formula is C17H13F3N2O2S. The number of ketones is 1. The number of nitrogens with zero attached hydrogens (tertiary/aromatic N) is 1. The number of Topliss-reactive ketones (excluding diaryl/α,β-unsaturated/α-hetero) is 1. The highest BCUT2D eigenvalue weighted by atomic mass is 32.2. The van der Waals surface area contributed by atoms with E-state index in [2.05, 4.69) is 10.3 Å². The summed E-state index contributed by atoms with van der Waals surface area (Å²) in [6.45, 7) is 0. The fraction of sp³-hybridized carbons (Fsp3) is 0.235. The van der Waals surface area contributed by atoms with Gasteiger partial charge in [-0.1, -0.05) is 11.8 Å².